The van der Waals surface area contributed by atoms with E-state index in [2.05, 4.69) is 11.0 Å². The van der Waals surface area contributed by atoms with Crippen LogP contribution in [0.15, 0.2) is 71.3 Å². The Labute approximate surface area is 203 Å². The molecule has 0 radical (unpaired) electrons. The van der Waals surface area contributed by atoms with E-state index < -0.39 is 0 Å². The monoisotopic (exact) mass is 471 g/mol. The molecule has 1 saturated heterocycles. The van der Waals surface area contributed by atoms with E-state index in [9.17, 15) is 10.1 Å². The number of nitrogens with zero attached hydrogens (tertiary/aromatic N) is 3. The van der Waals surface area contributed by atoms with E-state index in [1.54, 1.807) is 12.0 Å². The molecule has 0 aromatic heterocycles. The van der Waals surface area contributed by atoms with Gasteiger partial charge in [0.2, 0.25) is 5.91 Å². The highest BCUT2D eigenvalue weighted by Gasteiger charge is 2.39. The molecule has 7 heteroatoms. The minimum Gasteiger partial charge on any atom is -0.496 e. The van der Waals surface area contributed by atoms with Crippen molar-refractivity contribution in [3.8, 4) is 17.6 Å². The molecule has 2 aliphatic rings. The second-order valence-electron chi connectivity index (χ2n) is 8.19. The maximum Gasteiger partial charge on any atom is 0.229 e. The molecule has 0 spiro atoms. The third-order valence-electron chi connectivity index (χ3n) is 6.31. The summed E-state index contributed by atoms with van der Waals surface area (Å²) in [6.07, 6.45) is 0.231. The van der Waals surface area contributed by atoms with Crippen LogP contribution in [0.5, 0.6) is 11.5 Å². The number of carbonyl (C=O) groups is 1. The molecular weight excluding hydrogens is 446 g/mol. The predicted molar refractivity (Wildman–Crippen MR) is 135 cm³/mol. The van der Waals surface area contributed by atoms with Crippen LogP contribution in [0.2, 0.25) is 0 Å². The number of allylic oxidation sites excluding steroid dienone is 1. The second kappa shape index (κ2) is 9.32. The van der Waals surface area contributed by atoms with Crippen molar-refractivity contribution < 1.29 is 14.3 Å². The van der Waals surface area contributed by atoms with Crippen LogP contribution in [0, 0.1) is 11.3 Å². The molecule has 0 aliphatic carbocycles. The van der Waals surface area contributed by atoms with E-state index in [-0.39, 0.29) is 18.2 Å². The van der Waals surface area contributed by atoms with Crippen LogP contribution in [0.1, 0.15) is 24.8 Å². The van der Waals surface area contributed by atoms with Crippen molar-refractivity contribution in [2.24, 2.45) is 0 Å². The first-order valence-corrected chi connectivity index (χ1v) is 12.2. The molecule has 6 nitrogen and oxygen atoms in total. The fourth-order valence-electron chi connectivity index (χ4n) is 4.71. The normalized spacial score (nSPS) is 18.0. The smallest absolute Gasteiger partial charge is 0.229 e. The molecule has 2 heterocycles. The summed E-state index contributed by atoms with van der Waals surface area (Å²) in [6.45, 7) is 2.99. The number of methoxy groups -OCH3 is 1. The van der Waals surface area contributed by atoms with Gasteiger partial charge in [0.1, 0.15) is 11.5 Å². The lowest BCUT2D eigenvalue weighted by atomic mass is 9.83. The number of benzene rings is 3. The molecule has 0 bridgehead atoms. The zero-order valence-electron chi connectivity index (χ0n) is 19.2. The van der Waals surface area contributed by atoms with Gasteiger partial charge in [-0.15, -0.1) is 0 Å². The Morgan fingerprint density at radius 3 is 2.65 bits per heavy atom. The van der Waals surface area contributed by atoms with Gasteiger partial charge in [0.15, 0.2) is 0 Å². The minimum absolute atomic E-state index is 0.0112. The Bertz CT molecular complexity index is 1310. The molecule has 34 heavy (non-hydrogen) atoms. The third-order valence-corrected chi connectivity index (χ3v) is 7.46. The Morgan fingerprint density at radius 2 is 1.91 bits per heavy atom. The molecule has 2 aliphatic heterocycles. The molecule has 1 amide bonds. The molecule has 0 saturated carbocycles. The van der Waals surface area contributed by atoms with Crippen molar-refractivity contribution in [1.82, 2.24) is 4.90 Å². The molecule has 1 atom stereocenters. The lowest BCUT2D eigenvalue weighted by Crippen LogP contribution is -2.47. The first kappa shape index (κ1) is 22.2. The van der Waals surface area contributed by atoms with Gasteiger partial charge in [-0.2, -0.15) is 5.26 Å². The van der Waals surface area contributed by atoms with E-state index in [4.69, 9.17) is 9.47 Å². The number of fused-ring (bicyclic) bond motifs is 2. The van der Waals surface area contributed by atoms with E-state index >= 15 is 0 Å². The lowest BCUT2D eigenvalue weighted by molar-refractivity contribution is -0.129. The molecule has 172 valence electrons. The van der Waals surface area contributed by atoms with Gasteiger partial charge in [-0.3, -0.25) is 9.69 Å². The van der Waals surface area contributed by atoms with E-state index in [1.165, 1.54) is 11.8 Å². The van der Waals surface area contributed by atoms with Crippen molar-refractivity contribution in [1.29, 1.82) is 5.26 Å². The van der Waals surface area contributed by atoms with Gasteiger partial charge in [-0.25, -0.2) is 0 Å². The fourth-order valence-corrected chi connectivity index (χ4v) is 5.87. The average molecular weight is 472 g/mol. The topological polar surface area (TPSA) is 65.8 Å². The van der Waals surface area contributed by atoms with Crippen molar-refractivity contribution in [3.63, 3.8) is 0 Å². The highest BCUT2D eigenvalue weighted by molar-refractivity contribution is 8.03. The number of hydrogen-bond acceptors (Lipinski definition) is 6. The second-order valence-corrected chi connectivity index (χ2v) is 9.13. The zero-order valence-corrected chi connectivity index (χ0v) is 20.0. The fraction of sp³-hybridized carbons (Fsp3) is 0.259. The first-order valence-electron chi connectivity index (χ1n) is 11.3. The standard InChI is InChI=1S/C27H25N3O3S/c1-3-33-20-11-9-19(10-12-20)29-16-30-25(31)14-22(23(15-28)27(30)34-17-29)26-21-7-5-4-6-18(21)8-13-24(26)32-2/h4-13,22H,3,14,16-17H2,1-2H3/t22-/m1/s1. The van der Waals surface area contributed by atoms with Gasteiger partial charge >= 0.3 is 0 Å². The Balaban J connectivity index is 1.51. The summed E-state index contributed by atoms with van der Waals surface area (Å²) in [4.78, 5) is 17.3. The number of amides is 1. The summed E-state index contributed by atoms with van der Waals surface area (Å²) >= 11 is 1.53. The Morgan fingerprint density at radius 1 is 1.12 bits per heavy atom. The number of ether oxygens (including phenoxy) is 2. The molecule has 0 N–H and O–H groups in total. The minimum atomic E-state index is -0.339. The number of nitriles is 1. The maximum atomic E-state index is 13.4. The van der Waals surface area contributed by atoms with Crippen molar-refractivity contribution in [2.45, 2.75) is 19.3 Å². The highest BCUT2D eigenvalue weighted by Crippen LogP contribution is 2.47. The third kappa shape index (κ3) is 3.84. The van der Waals surface area contributed by atoms with Crippen molar-refractivity contribution >= 4 is 34.1 Å². The summed E-state index contributed by atoms with van der Waals surface area (Å²) in [5, 5.41) is 13.0. The van der Waals surface area contributed by atoms with Crippen molar-refractivity contribution in [2.75, 3.05) is 31.2 Å². The van der Waals surface area contributed by atoms with Gasteiger partial charge in [-0.1, -0.05) is 42.1 Å². The van der Waals surface area contributed by atoms with E-state index in [0.717, 1.165) is 32.8 Å². The number of carbonyl (C=O) groups excluding carboxylic acids is 1. The Hall–Kier alpha value is -3.63. The van der Waals surface area contributed by atoms with Crippen LogP contribution in [0.25, 0.3) is 10.8 Å². The average Bonchev–Trinajstić information content (AvgIpc) is 2.88. The van der Waals surface area contributed by atoms with Crippen LogP contribution in [-0.4, -0.2) is 37.1 Å². The van der Waals surface area contributed by atoms with Crippen LogP contribution in [-0.2, 0) is 4.79 Å². The number of thioether (sulfide) groups is 1. The number of rotatable bonds is 5. The molecule has 1 fully saturated rings. The quantitative estimate of drug-likeness (QED) is 0.492. The van der Waals surface area contributed by atoms with Gasteiger partial charge in [0, 0.05) is 23.6 Å². The van der Waals surface area contributed by atoms with Crippen LogP contribution in [0.4, 0.5) is 5.69 Å². The van der Waals surface area contributed by atoms with Crippen LogP contribution < -0.4 is 14.4 Å². The summed E-state index contributed by atoms with van der Waals surface area (Å²) in [5.74, 6) is 1.85. The van der Waals surface area contributed by atoms with E-state index in [1.807, 2.05) is 67.6 Å². The Kier molecular flexibility index (Phi) is 6.08. The SMILES string of the molecule is CCOc1ccc(N2CSC3=C(C#N)[C@H](c4c(OC)ccc5ccccc45)CC(=O)N3C2)cc1. The summed E-state index contributed by atoms with van der Waals surface area (Å²) in [6, 6.07) is 22.3. The largest absolute Gasteiger partial charge is 0.496 e. The zero-order chi connectivity index (χ0) is 23.7. The molecule has 0 unspecified atom stereocenters. The first-order chi connectivity index (χ1) is 16.6. The van der Waals surface area contributed by atoms with Crippen LogP contribution in [0.3, 0.4) is 0 Å². The van der Waals surface area contributed by atoms with Gasteiger partial charge in [0.25, 0.3) is 0 Å². The number of anilines is 1. The summed E-state index contributed by atoms with van der Waals surface area (Å²) in [5.41, 5.74) is 2.55. The predicted octanol–water partition coefficient (Wildman–Crippen LogP) is 5.47. The van der Waals surface area contributed by atoms with E-state index in [0.29, 0.717) is 30.5 Å². The van der Waals surface area contributed by atoms with Crippen molar-refractivity contribution in [3.05, 3.63) is 76.8 Å². The van der Waals surface area contributed by atoms with Gasteiger partial charge in [0.05, 0.1) is 42.9 Å². The van der Waals surface area contributed by atoms with Gasteiger partial charge in [-0.05, 0) is 48.0 Å². The lowest BCUT2D eigenvalue weighted by Gasteiger charge is -2.42. The number of hydrogen-bond donors (Lipinski definition) is 0. The summed E-state index contributed by atoms with van der Waals surface area (Å²) in [7, 11) is 1.63. The molecule has 3 aromatic rings. The van der Waals surface area contributed by atoms with Gasteiger partial charge < -0.3 is 14.4 Å². The van der Waals surface area contributed by atoms with Crippen LogP contribution >= 0.6 is 11.8 Å². The molecular formula is C27H25N3O3S. The molecule has 3 aromatic carbocycles. The summed E-state index contributed by atoms with van der Waals surface area (Å²) < 4.78 is 11.2. The highest BCUT2D eigenvalue weighted by atomic mass is 32.2. The molecule has 5 rings (SSSR count). The maximum absolute atomic E-state index is 13.4.